The Hall–Kier alpha value is -4.10. The molecule has 0 spiro atoms. The summed E-state index contributed by atoms with van der Waals surface area (Å²) in [5.41, 5.74) is 0.935. The maximum atomic E-state index is 13.7. The minimum Gasteiger partial charge on any atom is -0.494 e. The van der Waals surface area contributed by atoms with Gasteiger partial charge < -0.3 is 18.8 Å². The quantitative estimate of drug-likeness (QED) is 0.249. The summed E-state index contributed by atoms with van der Waals surface area (Å²) in [6.45, 7) is 6.20. The van der Waals surface area contributed by atoms with E-state index in [-0.39, 0.29) is 34.7 Å². The summed E-state index contributed by atoms with van der Waals surface area (Å²) in [6, 6.07) is 9.99. The first kappa shape index (κ1) is 29.9. The van der Waals surface area contributed by atoms with E-state index >= 15 is 0 Å². The first-order chi connectivity index (χ1) is 19.6. The number of methoxy groups -OCH3 is 2. The number of halogens is 1. The smallest absolute Gasteiger partial charge is 0.255 e. The van der Waals surface area contributed by atoms with Crippen molar-refractivity contribution in [2.45, 2.75) is 32.4 Å². The molecule has 12 nitrogen and oxygen atoms in total. The molecule has 0 aliphatic heterocycles. The van der Waals surface area contributed by atoms with Crippen molar-refractivity contribution in [2.75, 3.05) is 32.0 Å². The zero-order valence-corrected chi connectivity index (χ0v) is 24.9. The van der Waals surface area contributed by atoms with Crippen LogP contribution >= 0.6 is 11.6 Å². The fourth-order valence-electron chi connectivity index (χ4n) is 4.29. The highest BCUT2D eigenvalue weighted by atomic mass is 35.5. The van der Waals surface area contributed by atoms with Crippen molar-refractivity contribution in [2.24, 2.45) is 0 Å². The van der Waals surface area contributed by atoms with E-state index < -0.39 is 15.3 Å². The predicted octanol–water partition coefficient (Wildman–Crippen LogP) is 4.45. The van der Waals surface area contributed by atoms with Crippen LogP contribution in [0.5, 0.6) is 11.5 Å². The number of aromatic nitrogens is 4. The third kappa shape index (κ3) is 6.15. The van der Waals surface area contributed by atoms with E-state index in [0.717, 1.165) is 0 Å². The van der Waals surface area contributed by atoms with E-state index in [2.05, 4.69) is 19.9 Å². The van der Waals surface area contributed by atoms with Gasteiger partial charge in [-0.05, 0) is 51.1 Å². The molecule has 218 valence electrons. The second-order valence-electron chi connectivity index (χ2n) is 8.96. The van der Waals surface area contributed by atoms with Crippen molar-refractivity contribution in [3.05, 3.63) is 65.1 Å². The first-order valence-electron chi connectivity index (χ1n) is 12.8. The number of sulfonamides is 1. The molecule has 1 aromatic carbocycles. The summed E-state index contributed by atoms with van der Waals surface area (Å²) in [5, 5.41) is 7.59. The molecule has 0 saturated carbocycles. The van der Waals surface area contributed by atoms with Crippen LogP contribution in [0.3, 0.4) is 0 Å². The van der Waals surface area contributed by atoms with Gasteiger partial charge in [0.05, 0.1) is 42.0 Å². The monoisotopic (exact) mass is 602 g/mol. The molecule has 0 fully saturated rings. The van der Waals surface area contributed by atoms with Crippen molar-refractivity contribution in [3.8, 4) is 28.8 Å². The van der Waals surface area contributed by atoms with Gasteiger partial charge in [0.15, 0.2) is 5.76 Å². The van der Waals surface area contributed by atoms with E-state index in [1.807, 2.05) is 13.8 Å². The van der Waals surface area contributed by atoms with Gasteiger partial charge in [-0.25, -0.2) is 8.42 Å². The molecule has 3 heterocycles. The molecule has 0 aliphatic carbocycles. The highest BCUT2D eigenvalue weighted by Crippen LogP contribution is 2.38. The van der Waals surface area contributed by atoms with Gasteiger partial charge in [0.2, 0.25) is 21.8 Å². The average molecular weight is 603 g/mol. The number of benzene rings is 1. The summed E-state index contributed by atoms with van der Waals surface area (Å²) >= 11 is 6.15. The molecule has 0 unspecified atom stereocenters. The third-order valence-electron chi connectivity index (χ3n) is 6.49. The van der Waals surface area contributed by atoms with Crippen LogP contribution in [0.1, 0.15) is 36.8 Å². The summed E-state index contributed by atoms with van der Waals surface area (Å²) in [7, 11) is -1.14. The maximum absolute atomic E-state index is 13.7. The Balaban J connectivity index is 1.74. The van der Waals surface area contributed by atoms with E-state index in [1.165, 1.54) is 44.2 Å². The third-order valence-corrected chi connectivity index (χ3v) is 8.39. The molecule has 0 saturated heterocycles. The van der Waals surface area contributed by atoms with Crippen molar-refractivity contribution >= 4 is 33.5 Å². The molecule has 1 amide bonds. The predicted molar refractivity (Wildman–Crippen MR) is 154 cm³/mol. The van der Waals surface area contributed by atoms with Crippen LogP contribution in [0, 0.1) is 0 Å². The zero-order valence-electron chi connectivity index (χ0n) is 23.3. The summed E-state index contributed by atoms with van der Waals surface area (Å²) < 4.78 is 48.0. The van der Waals surface area contributed by atoms with Crippen LogP contribution in [0.25, 0.3) is 17.3 Å². The highest BCUT2D eigenvalue weighted by Gasteiger charge is 2.30. The Bertz CT molecular complexity index is 1600. The number of nitrogens with zero attached hydrogens (tertiary/aromatic N) is 5. The molecule has 1 N–H and O–H groups in total. The molecule has 14 heteroatoms. The van der Waals surface area contributed by atoms with Crippen LogP contribution in [-0.4, -0.2) is 71.5 Å². The number of anilines is 1. The largest absolute Gasteiger partial charge is 0.494 e. The summed E-state index contributed by atoms with van der Waals surface area (Å²) in [4.78, 5) is 19.1. The van der Waals surface area contributed by atoms with Crippen LogP contribution < -0.4 is 14.2 Å². The van der Waals surface area contributed by atoms with Crippen LogP contribution in [0.2, 0.25) is 5.02 Å². The molecule has 0 aliphatic rings. The molecular weight excluding hydrogens is 572 g/mol. The van der Waals surface area contributed by atoms with E-state index in [1.54, 1.807) is 35.2 Å². The van der Waals surface area contributed by atoms with Crippen LogP contribution in [0.4, 0.5) is 5.95 Å². The van der Waals surface area contributed by atoms with Gasteiger partial charge in [-0.1, -0.05) is 17.7 Å². The first-order valence-corrected chi connectivity index (χ1v) is 14.7. The van der Waals surface area contributed by atoms with Crippen molar-refractivity contribution in [1.29, 1.82) is 0 Å². The van der Waals surface area contributed by atoms with Gasteiger partial charge in [-0.15, -0.1) is 10.2 Å². The van der Waals surface area contributed by atoms with Gasteiger partial charge in [-0.3, -0.25) is 19.1 Å². The lowest BCUT2D eigenvalue weighted by Crippen LogP contribution is -2.33. The van der Waals surface area contributed by atoms with Gasteiger partial charge >= 0.3 is 0 Å². The second kappa shape index (κ2) is 12.6. The molecule has 1 atom stereocenters. The van der Waals surface area contributed by atoms with E-state index in [0.29, 0.717) is 41.7 Å². The number of hydrogen-bond acceptors (Lipinski definition) is 9. The van der Waals surface area contributed by atoms with E-state index in [9.17, 15) is 13.2 Å². The lowest BCUT2D eigenvalue weighted by atomic mass is 10.1. The number of nitrogens with one attached hydrogen (secondary N) is 1. The number of amides is 1. The number of para-hydroxylation sites is 1. The lowest BCUT2D eigenvalue weighted by Gasteiger charge is -2.21. The Morgan fingerprint density at radius 2 is 1.80 bits per heavy atom. The zero-order chi connectivity index (χ0) is 29.7. The number of carbonyl (C=O) groups is 1. The molecule has 4 aromatic rings. The average Bonchev–Trinajstić information content (AvgIpc) is 3.64. The lowest BCUT2D eigenvalue weighted by molar-refractivity contribution is 0.0771. The topological polar surface area (TPSA) is 142 Å². The minimum absolute atomic E-state index is 0.0635. The van der Waals surface area contributed by atoms with Gasteiger partial charge in [-0.2, -0.15) is 0 Å². The van der Waals surface area contributed by atoms with E-state index in [4.69, 9.17) is 25.5 Å². The Morgan fingerprint density at radius 1 is 1.12 bits per heavy atom. The maximum Gasteiger partial charge on any atom is 0.255 e. The van der Waals surface area contributed by atoms with Crippen molar-refractivity contribution in [1.82, 2.24) is 24.6 Å². The molecule has 41 heavy (non-hydrogen) atoms. The number of ether oxygens (including phenoxy) is 2. The minimum atomic E-state index is -4.10. The Kier molecular flexibility index (Phi) is 9.18. The number of hydrogen-bond donors (Lipinski definition) is 1. The summed E-state index contributed by atoms with van der Waals surface area (Å²) in [6.07, 6.45) is 2.80. The number of carbonyl (C=O) groups excluding carboxylic acids is 1. The van der Waals surface area contributed by atoms with Gasteiger partial charge in [0.1, 0.15) is 17.2 Å². The second-order valence-corrected chi connectivity index (χ2v) is 11.5. The normalized spacial score (nSPS) is 12.1. The fraction of sp³-hybridized carbons (Fsp3) is 0.333. The standard InChI is InChI=1S/C27H31ClN6O6S/c1-6-33(7-2)26(35)19-15-18(28)16-29-20(19)14-17(3)41(36,37)32-27-31-30-25(23-12-9-13-40-23)34(27)24-21(38-4)10-8-11-22(24)39-5/h8-13,15-17H,6-7,14H2,1-5H3,(H,31,32)/t17-/m1/s1. The molecule has 4 rings (SSSR count). The molecular formula is C27H31ClN6O6S. The number of furan rings is 1. The van der Waals surface area contributed by atoms with Gasteiger partial charge in [0, 0.05) is 25.7 Å². The molecule has 0 bridgehead atoms. The van der Waals surface area contributed by atoms with Crippen LogP contribution in [-0.2, 0) is 16.4 Å². The number of rotatable bonds is 12. The molecule has 3 aromatic heterocycles. The molecule has 0 radical (unpaired) electrons. The van der Waals surface area contributed by atoms with Crippen molar-refractivity contribution in [3.63, 3.8) is 0 Å². The van der Waals surface area contributed by atoms with Gasteiger partial charge in [0.25, 0.3) is 5.91 Å². The Labute approximate surface area is 243 Å². The highest BCUT2D eigenvalue weighted by molar-refractivity contribution is 7.93. The number of pyridine rings is 1. The fourth-order valence-corrected chi connectivity index (χ4v) is 5.41. The van der Waals surface area contributed by atoms with Crippen molar-refractivity contribution < 1.29 is 27.1 Å². The summed E-state index contributed by atoms with van der Waals surface area (Å²) in [5.74, 6) is 0.937. The SMILES string of the molecule is CCN(CC)C(=O)c1cc(Cl)cnc1C[C@@H](C)S(=O)(=O)Nc1nnc(-c2ccco2)n1-c1c(OC)cccc1OC. The Morgan fingerprint density at radius 3 is 2.39 bits per heavy atom. The van der Waals surface area contributed by atoms with Crippen LogP contribution in [0.15, 0.2) is 53.3 Å².